The summed E-state index contributed by atoms with van der Waals surface area (Å²) in [4.78, 5) is 13.3. The molecule has 0 aliphatic rings. The predicted octanol–water partition coefficient (Wildman–Crippen LogP) is 2.66. The molecule has 0 fully saturated rings. The molecule has 0 saturated carbocycles. The van der Waals surface area contributed by atoms with Crippen molar-refractivity contribution in [2.24, 2.45) is 0 Å². The molecule has 0 unspecified atom stereocenters. The van der Waals surface area contributed by atoms with Crippen LogP contribution in [0.1, 0.15) is 37.8 Å². The van der Waals surface area contributed by atoms with Crippen molar-refractivity contribution < 1.29 is 14.1 Å². The number of carbonyl (C=O) groups excluding carboxylic acids is 1. The Hall–Kier alpha value is -1.52. The molecule has 0 radical (unpaired) electrons. The molecule has 1 aromatic heterocycles. The normalized spacial score (nSPS) is 11.4. The van der Waals surface area contributed by atoms with Gasteiger partial charge in [-0.1, -0.05) is 5.16 Å². The number of rotatable bonds is 2. The van der Waals surface area contributed by atoms with E-state index in [2.05, 4.69) is 5.16 Å². The number of hydrogen-bond donors (Lipinski definition) is 0. The molecule has 0 atom stereocenters. The van der Waals surface area contributed by atoms with Crippen LogP contribution in [0, 0.1) is 13.8 Å². The smallest absolute Gasteiger partial charge is 0.410 e. The number of ether oxygens (including phenoxy) is 1. The van der Waals surface area contributed by atoms with E-state index in [4.69, 9.17) is 9.26 Å². The van der Waals surface area contributed by atoms with Gasteiger partial charge in [0, 0.05) is 12.6 Å². The standard InChI is InChI=1S/C12H20N2O3/c1-8-10(9(2)17-13-8)7-14(6)11(15)16-12(3,4)5/h7H2,1-6H3. The maximum absolute atomic E-state index is 11.8. The number of aryl methyl sites for hydroxylation is 2. The topological polar surface area (TPSA) is 55.6 Å². The Bertz CT molecular complexity index is 385. The van der Waals surface area contributed by atoms with E-state index in [0.717, 1.165) is 17.0 Å². The summed E-state index contributed by atoms with van der Waals surface area (Å²) in [6.07, 6.45) is -0.350. The van der Waals surface area contributed by atoms with E-state index < -0.39 is 5.60 Å². The van der Waals surface area contributed by atoms with Crippen molar-refractivity contribution in [2.45, 2.75) is 46.8 Å². The molecule has 0 spiro atoms. The maximum atomic E-state index is 11.8. The maximum Gasteiger partial charge on any atom is 0.410 e. The highest BCUT2D eigenvalue weighted by Crippen LogP contribution is 2.16. The van der Waals surface area contributed by atoms with Gasteiger partial charge in [-0.25, -0.2) is 4.79 Å². The van der Waals surface area contributed by atoms with Crippen LogP contribution in [0.2, 0.25) is 0 Å². The Balaban J connectivity index is 2.67. The summed E-state index contributed by atoms with van der Waals surface area (Å²) in [7, 11) is 1.69. The van der Waals surface area contributed by atoms with Gasteiger partial charge in [-0.05, 0) is 34.6 Å². The second kappa shape index (κ2) is 4.77. The first-order valence-corrected chi connectivity index (χ1v) is 5.56. The number of aromatic nitrogens is 1. The average Bonchev–Trinajstić information content (AvgIpc) is 2.46. The first-order chi connectivity index (χ1) is 7.70. The van der Waals surface area contributed by atoms with Gasteiger partial charge in [-0.15, -0.1) is 0 Å². The van der Waals surface area contributed by atoms with Gasteiger partial charge in [0.05, 0.1) is 12.2 Å². The van der Waals surface area contributed by atoms with E-state index in [1.165, 1.54) is 4.90 Å². The molecule has 0 bridgehead atoms. The van der Waals surface area contributed by atoms with Gasteiger partial charge in [0.15, 0.2) is 0 Å². The number of amides is 1. The van der Waals surface area contributed by atoms with Crippen LogP contribution >= 0.6 is 0 Å². The molecule has 96 valence electrons. The lowest BCUT2D eigenvalue weighted by molar-refractivity contribution is 0.0284. The summed E-state index contributed by atoms with van der Waals surface area (Å²) in [5.74, 6) is 0.734. The Morgan fingerprint density at radius 2 is 2.00 bits per heavy atom. The second-order valence-corrected chi connectivity index (χ2v) is 5.14. The van der Waals surface area contributed by atoms with Crippen molar-refractivity contribution in [3.05, 3.63) is 17.0 Å². The average molecular weight is 240 g/mol. The molecule has 5 nitrogen and oxygen atoms in total. The van der Waals surface area contributed by atoms with Gasteiger partial charge >= 0.3 is 6.09 Å². The van der Waals surface area contributed by atoms with Crippen LogP contribution in [0.4, 0.5) is 4.79 Å². The lowest BCUT2D eigenvalue weighted by Gasteiger charge is -2.24. The quantitative estimate of drug-likeness (QED) is 0.797. The number of carbonyl (C=O) groups is 1. The van der Waals surface area contributed by atoms with Crippen molar-refractivity contribution in [1.82, 2.24) is 10.1 Å². The fourth-order valence-electron chi connectivity index (χ4n) is 1.37. The molecule has 0 aliphatic carbocycles. The molecule has 0 N–H and O–H groups in total. The molecular weight excluding hydrogens is 220 g/mol. The van der Waals surface area contributed by atoms with Gasteiger partial charge in [0.1, 0.15) is 11.4 Å². The molecule has 0 saturated heterocycles. The van der Waals surface area contributed by atoms with Crippen LogP contribution in [0.25, 0.3) is 0 Å². The van der Waals surface area contributed by atoms with Crippen molar-refractivity contribution in [3.8, 4) is 0 Å². The van der Waals surface area contributed by atoms with E-state index in [0.29, 0.717) is 6.54 Å². The Morgan fingerprint density at radius 1 is 1.41 bits per heavy atom. The van der Waals surface area contributed by atoms with Crippen LogP contribution < -0.4 is 0 Å². The van der Waals surface area contributed by atoms with Crippen LogP contribution in [0.3, 0.4) is 0 Å². The molecule has 17 heavy (non-hydrogen) atoms. The second-order valence-electron chi connectivity index (χ2n) is 5.14. The van der Waals surface area contributed by atoms with E-state index in [9.17, 15) is 4.79 Å². The summed E-state index contributed by atoms with van der Waals surface area (Å²) in [5.41, 5.74) is 1.25. The highest BCUT2D eigenvalue weighted by molar-refractivity contribution is 5.67. The van der Waals surface area contributed by atoms with Crippen molar-refractivity contribution in [2.75, 3.05) is 7.05 Å². The van der Waals surface area contributed by atoms with Gasteiger partial charge in [0.2, 0.25) is 0 Å². The minimum absolute atomic E-state index is 0.350. The third-order valence-electron chi connectivity index (χ3n) is 2.28. The van der Waals surface area contributed by atoms with Gasteiger partial charge in [0.25, 0.3) is 0 Å². The van der Waals surface area contributed by atoms with Crippen LogP contribution in [0.15, 0.2) is 4.52 Å². The molecule has 1 rings (SSSR count). The minimum atomic E-state index is -0.482. The third-order valence-corrected chi connectivity index (χ3v) is 2.28. The fraction of sp³-hybridized carbons (Fsp3) is 0.667. The van der Waals surface area contributed by atoms with Crippen molar-refractivity contribution >= 4 is 6.09 Å². The third kappa shape index (κ3) is 3.76. The van der Waals surface area contributed by atoms with Gasteiger partial charge in [-0.2, -0.15) is 0 Å². The van der Waals surface area contributed by atoms with Crippen LogP contribution in [-0.2, 0) is 11.3 Å². The summed E-state index contributed by atoms with van der Waals surface area (Å²) in [5, 5.41) is 3.85. The highest BCUT2D eigenvalue weighted by Gasteiger charge is 2.21. The van der Waals surface area contributed by atoms with Crippen LogP contribution in [0.5, 0.6) is 0 Å². The zero-order valence-corrected chi connectivity index (χ0v) is 11.3. The predicted molar refractivity (Wildman–Crippen MR) is 63.7 cm³/mol. The van der Waals surface area contributed by atoms with Crippen LogP contribution in [-0.4, -0.2) is 28.8 Å². The van der Waals surface area contributed by atoms with E-state index >= 15 is 0 Å². The van der Waals surface area contributed by atoms with Crippen molar-refractivity contribution in [3.63, 3.8) is 0 Å². The molecule has 0 aliphatic heterocycles. The summed E-state index contributed by atoms with van der Waals surface area (Å²) < 4.78 is 10.3. The molecule has 1 aromatic rings. The Labute approximate surface area is 102 Å². The molecule has 1 amide bonds. The Kier molecular flexibility index (Phi) is 3.80. The largest absolute Gasteiger partial charge is 0.444 e. The first kappa shape index (κ1) is 13.5. The summed E-state index contributed by atoms with van der Waals surface area (Å²) >= 11 is 0. The first-order valence-electron chi connectivity index (χ1n) is 5.56. The number of hydrogen-bond acceptors (Lipinski definition) is 4. The zero-order chi connectivity index (χ0) is 13.2. The summed E-state index contributed by atoms with van der Waals surface area (Å²) in [6.45, 7) is 9.65. The molecular formula is C12H20N2O3. The van der Waals surface area contributed by atoms with E-state index in [-0.39, 0.29) is 6.09 Å². The fourth-order valence-corrected chi connectivity index (χ4v) is 1.37. The molecule has 1 heterocycles. The monoisotopic (exact) mass is 240 g/mol. The van der Waals surface area contributed by atoms with E-state index in [1.807, 2.05) is 34.6 Å². The van der Waals surface area contributed by atoms with Gasteiger partial charge in [-0.3, -0.25) is 0 Å². The van der Waals surface area contributed by atoms with Gasteiger partial charge < -0.3 is 14.2 Å². The summed E-state index contributed by atoms with van der Waals surface area (Å²) in [6, 6.07) is 0. The van der Waals surface area contributed by atoms with E-state index in [1.54, 1.807) is 7.05 Å². The molecule has 0 aromatic carbocycles. The minimum Gasteiger partial charge on any atom is -0.444 e. The highest BCUT2D eigenvalue weighted by atomic mass is 16.6. The number of nitrogens with zero attached hydrogens (tertiary/aromatic N) is 2. The van der Waals surface area contributed by atoms with Crippen molar-refractivity contribution in [1.29, 1.82) is 0 Å². The molecule has 5 heteroatoms. The lowest BCUT2D eigenvalue weighted by atomic mass is 10.2. The lowest BCUT2D eigenvalue weighted by Crippen LogP contribution is -2.34. The Morgan fingerprint density at radius 3 is 2.41 bits per heavy atom. The zero-order valence-electron chi connectivity index (χ0n) is 11.3. The SMILES string of the molecule is Cc1noc(C)c1CN(C)C(=O)OC(C)(C)C.